The maximum atomic E-state index is 11.7. The van der Waals surface area contributed by atoms with Crippen molar-refractivity contribution in [1.82, 2.24) is 20.2 Å². The van der Waals surface area contributed by atoms with Crippen molar-refractivity contribution in [3.05, 3.63) is 71.7 Å². The van der Waals surface area contributed by atoms with Crippen LogP contribution in [-0.2, 0) is 16.6 Å². The van der Waals surface area contributed by atoms with Gasteiger partial charge in [-0.2, -0.15) is 4.98 Å². The third-order valence-electron chi connectivity index (χ3n) is 6.04. The van der Waals surface area contributed by atoms with E-state index < -0.39 is 6.04 Å². The number of hydrogen-bond acceptors (Lipinski definition) is 9. The van der Waals surface area contributed by atoms with E-state index in [4.69, 9.17) is 9.40 Å². The Morgan fingerprint density at radius 1 is 1.11 bits per heavy atom. The van der Waals surface area contributed by atoms with Crippen LogP contribution in [0, 0.1) is 0 Å². The predicted molar refractivity (Wildman–Crippen MR) is 141 cm³/mol. The van der Waals surface area contributed by atoms with Crippen LogP contribution in [0.5, 0.6) is 0 Å². The first-order valence-corrected chi connectivity index (χ1v) is 12.1. The Balaban J connectivity index is 1.49. The molecule has 2 aromatic carbocycles. The molecule has 37 heavy (non-hydrogen) atoms. The highest BCUT2D eigenvalue weighted by Gasteiger charge is 2.25. The molecule has 190 valence electrons. The summed E-state index contributed by atoms with van der Waals surface area (Å²) in [6.07, 6.45) is 2.75. The van der Waals surface area contributed by atoms with Crippen molar-refractivity contribution in [2.45, 2.75) is 45.1 Å². The minimum Gasteiger partial charge on any atom is -0.420 e. The van der Waals surface area contributed by atoms with Crippen molar-refractivity contribution in [2.24, 2.45) is 0 Å². The second-order valence-electron chi connectivity index (χ2n) is 9.95. The predicted octanol–water partition coefficient (Wildman–Crippen LogP) is 4.60. The fourth-order valence-electron chi connectivity index (χ4n) is 4.02. The zero-order valence-electron chi connectivity index (χ0n) is 20.9. The highest BCUT2D eigenvalue weighted by atomic mass is 16.4. The van der Waals surface area contributed by atoms with E-state index >= 15 is 0 Å². The van der Waals surface area contributed by atoms with E-state index in [0.29, 0.717) is 36.1 Å². The zero-order chi connectivity index (χ0) is 26.0. The number of anilines is 4. The molecule has 4 aromatic rings. The zero-order valence-corrected chi connectivity index (χ0v) is 20.9. The van der Waals surface area contributed by atoms with Crippen LogP contribution >= 0.6 is 0 Å². The summed E-state index contributed by atoms with van der Waals surface area (Å²) in [6, 6.07) is 14.9. The number of nitrogens with zero attached hydrogens (tertiary/aromatic N) is 4. The standard InChI is InChI=1S/C27H29N7O3/c1-27(2,3)25-34-33-24(37-25)19-14-28-26(29-18-10-11-20-17(13-18)9-12-22(36)30-20)32-23(19)31-21(15-35)16-7-5-4-6-8-16/h4-8,10-11,13-14,21,35H,9,12,15H2,1-3H3,(H,30,36)(H2,28,29,31,32)/t21-/m1/s1. The van der Waals surface area contributed by atoms with Crippen LogP contribution in [0.15, 0.2) is 59.1 Å². The van der Waals surface area contributed by atoms with Gasteiger partial charge in [0.1, 0.15) is 5.82 Å². The largest absolute Gasteiger partial charge is 0.420 e. The van der Waals surface area contributed by atoms with Crippen molar-refractivity contribution in [3.8, 4) is 11.5 Å². The highest BCUT2D eigenvalue weighted by Crippen LogP contribution is 2.32. The lowest BCUT2D eigenvalue weighted by atomic mass is 9.97. The average Bonchev–Trinajstić information content (AvgIpc) is 3.39. The van der Waals surface area contributed by atoms with Gasteiger partial charge in [0.05, 0.1) is 18.2 Å². The van der Waals surface area contributed by atoms with Crippen molar-refractivity contribution < 1.29 is 14.3 Å². The van der Waals surface area contributed by atoms with Gasteiger partial charge in [0.2, 0.25) is 17.7 Å². The first-order valence-electron chi connectivity index (χ1n) is 12.1. The number of carbonyl (C=O) groups is 1. The average molecular weight is 500 g/mol. The number of amides is 1. The van der Waals surface area contributed by atoms with Crippen molar-refractivity contribution in [2.75, 3.05) is 22.6 Å². The summed E-state index contributed by atoms with van der Waals surface area (Å²) in [6.45, 7) is 5.83. The van der Waals surface area contributed by atoms with Gasteiger partial charge in [0.15, 0.2) is 0 Å². The molecule has 10 nitrogen and oxygen atoms in total. The molecule has 1 aliphatic heterocycles. The van der Waals surface area contributed by atoms with E-state index in [0.717, 1.165) is 22.5 Å². The second kappa shape index (κ2) is 9.98. The minimum absolute atomic E-state index is 0.0235. The molecular weight excluding hydrogens is 470 g/mol. The number of rotatable bonds is 7. The van der Waals surface area contributed by atoms with E-state index in [2.05, 4.69) is 31.1 Å². The molecule has 1 atom stereocenters. The topological polar surface area (TPSA) is 138 Å². The molecule has 1 amide bonds. The van der Waals surface area contributed by atoms with Gasteiger partial charge in [0, 0.05) is 29.4 Å². The van der Waals surface area contributed by atoms with Gasteiger partial charge in [-0.3, -0.25) is 4.79 Å². The molecule has 4 N–H and O–H groups in total. The van der Waals surface area contributed by atoms with Gasteiger partial charge in [0.25, 0.3) is 5.89 Å². The minimum atomic E-state index is -0.417. The van der Waals surface area contributed by atoms with Gasteiger partial charge in [-0.1, -0.05) is 51.1 Å². The summed E-state index contributed by atoms with van der Waals surface area (Å²) in [5, 5.41) is 28.0. The van der Waals surface area contributed by atoms with Crippen molar-refractivity contribution in [3.63, 3.8) is 0 Å². The SMILES string of the molecule is CC(C)(C)c1nnc(-c2cnc(Nc3ccc4c(c3)CCC(=O)N4)nc2N[C@H](CO)c2ccccc2)o1. The van der Waals surface area contributed by atoms with Gasteiger partial charge in [-0.05, 0) is 35.7 Å². The molecule has 0 bridgehead atoms. The number of aliphatic hydroxyl groups is 1. The lowest BCUT2D eigenvalue weighted by molar-refractivity contribution is -0.116. The summed E-state index contributed by atoms with van der Waals surface area (Å²) in [5.41, 5.74) is 3.77. The first-order chi connectivity index (χ1) is 17.8. The van der Waals surface area contributed by atoms with Crippen LogP contribution in [0.3, 0.4) is 0 Å². The monoisotopic (exact) mass is 499 g/mol. The number of aromatic nitrogens is 4. The van der Waals surface area contributed by atoms with Crippen LogP contribution in [0.2, 0.25) is 0 Å². The highest BCUT2D eigenvalue weighted by molar-refractivity contribution is 5.94. The van der Waals surface area contributed by atoms with Crippen molar-refractivity contribution >= 4 is 29.0 Å². The maximum Gasteiger partial charge on any atom is 0.253 e. The van der Waals surface area contributed by atoms with Crippen LogP contribution in [0.4, 0.5) is 23.1 Å². The molecule has 0 spiro atoms. The number of hydrogen-bond donors (Lipinski definition) is 4. The fourth-order valence-corrected chi connectivity index (χ4v) is 4.02. The number of nitrogens with one attached hydrogen (secondary N) is 3. The lowest BCUT2D eigenvalue weighted by Gasteiger charge is -2.20. The fraction of sp³-hybridized carbons (Fsp3) is 0.296. The second-order valence-corrected chi connectivity index (χ2v) is 9.95. The van der Waals surface area contributed by atoms with Gasteiger partial charge < -0.3 is 25.5 Å². The number of aryl methyl sites for hydroxylation is 1. The molecule has 1 aliphatic rings. The smallest absolute Gasteiger partial charge is 0.253 e. The Kier molecular flexibility index (Phi) is 6.58. The maximum absolute atomic E-state index is 11.7. The summed E-state index contributed by atoms with van der Waals surface area (Å²) in [4.78, 5) is 20.9. The lowest BCUT2D eigenvalue weighted by Crippen LogP contribution is -2.19. The first kappa shape index (κ1) is 24.4. The summed E-state index contributed by atoms with van der Waals surface area (Å²) < 4.78 is 5.97. The van der Waals surface area contributed by atoms with Crippen molar-refractivity contribution in [1.29, 1.82) is 0 Å². The summed E-state index contributed by atoms with van der Waals surface area (Å²) in [7, 11) is 0. The Morgan fingerprint density at radius 3 is 2.65 bits per heavy atom. The molecular formula is C27H29N7O3. The molecule has 0 saturated carbocycles. The Bertz CT molecular complexity index is 1410. The van der Waals surface area contributed by atoms with Crippen LogP contribution in [0.1, 0.15) is 50.3 Å². The molecule has 0 unspecified atom stereocenters. The van der Waals surface area contributed by atoms with Gasteiger partial charge in [-0.15, -0.1) is 10.2 Å². The summed E-state index contributed by atoms with van der Waals surface area (Å²) in [5.74, 6) is 1.60. The summed E-state index contributed by atoms with van der Waals surface area (Å²) >= 11 is 0. The quantitative estimate of drug-likeness (QED) is 0.287. The van der Waals surface area contributed by atoms with E-state index in [9.17, 15) is 9.90 Å². The Morgan fingerprint density at radius 2 is 1.92 bits per heavy atom. The normalized spacial score (nSPS) is 14.0. The van der Waals surface area contributed by atoms with Gasteiger partial charge in [-0.25, -0.2) is 4.98 Å². The van der Waals surface area contributed by atoms with Crippen LogP contribution < -0.4 is 16.0 Å². The Labute approximate surface area is 214 Å². The van der Waals surface area contributed by atoms with E-state index in [-0.39, 0.29) is 23.8 Å². The number of aliphatic hydroxyl groups excluding tert-OH is 1. The van der Waals surface area contributed by atoms with Crippen LogP contribution in [0.25, 0.3) is 11.5 Å². The van der Waals surface area contributed by atoms with E-state index in [1.807, 2.05) is 69.3 Å². The molecule has 10 heteroatoms. The molecule has 0 fully saturated rings. The molecule has 2 aromatic heterocycles. The molecule has 5 rings (SSSR count). The van der Waals surface area contributed by atoms with Crippen LogP contribution in [-0.4, -0.2) is 37.8 Å². The number of fused-ring (bicyclic) bond motifs is 1. The molecule has 0 radical (unpaired) electrons. The third kappa shape index (κ3) is 5.44. The molecule has 3 heterocycles. The number of benzene rings is 2. The van der Waals surface area contributed by atoms with E-state index in [1.165, 1.54) is 0 Å². The number of carbonyl (C=O) groups excluding carboxylic acids is 1. The van der Waals surface area contributed by atoms with E-state index in [1.54, 1.807) is 6.20 Å². The molecule has 0 saturated heterocycles. The Hall–Kier alpha value is -4.31. The molecule has 0 aliphatic carbocycles. The third-order valence-corrected chi connectivity index (χ3v) is 6.04. The van der Waals surface area contributed by atoms with Gasteiger partial charge >= 0.3 is 0 Å².